The molecule has 1 aromatic rings. The monoisotopic (exact) mass is 218 g/mol. The van der Waals surface area contributed by atoms with Gasteiger partial charge in [-0.3, -0.25) is 4.79 Å². The summed E-state index contributed by atoms with van der Waals surface area (Å²) < 4.78 is 0. The average molecular weight is 218 g/mol. The van der Waals surface area contributed by atoms with Crippen molar-refractivity contribution in [1.82, 2.24) is 0 Å². The van der Waals surface area contributed by atoms with Gasteiger partial charge in [-0.15, -0.1) is 0 Å². The Kier molecular flexibility index (Phi) is 3.13. The van der Waals surface area contributed by atoms with Crippen molar-refractivity contribution in [2.24, 2.45) is 0 Å². The lowest BCUT2D eigenvalue weighted by Crippen LogP contribution is -2.19. The van der Waals surface area contributed by atoms with Crippen molar-refractivity contribution >= 4 is 17.3 Å². The number of amides is 1. The molecule has 0 fully saturated rings. The molecule has 0 aromatic heterocycles. The van der Waals surface area contributed by atoms with Gasteiger partial charge in [0.1, 0.15) is 0 Å². The molecule has 1 aromatic carbocycles. The maximum atomic E-state index is 11.2. The standard InChI is InChI=1S/C13H18N2O/c1-3-9(2)14-11-5-6-12-10(8-11)4-7-13(16)15-12/h5-6,8-9,14H,3-4,7H2,1-2H3,(H,15,16). The summed E-state index contributed by atoms with van der Waals surface area (Å²) in [6.45, 7) is 4.33. The van der Waals surface area contributed by atoms with Crippen LogP contribution in [-0.2, 0) is 11.2 Å². The number of nitrogens with one attached hydrogen (secondary N) is 2. The van der Waals surface area contributed by atoms with Crippen LogP contribution in [0.4, 0.5) is 11.4 Å². The second-order valence-corrected chi connectivity index (χ2v) is 4.37. The van der Waals surface area contributed by atoms with Crippen LogP contribution in [-0.4, -0.2) is 11.9 Å². The zero-order valence-electron chi connectivity index (χ0n) is 9.84. The fourth-order valence-corrected chi connectivity index (χ4v) is 1.86. The van der Waals surface area contributed by atoms with Crippen molar-refractivity contribution in [3.05, 3.63) is 23.8 Å². The third kappa shape index (κ3) is 2.35. The third-order valence-electron chi connectivity index (χ3n) is 3.03. The van der Waals surface area contributed by atoms with Crippen molar-refractivity contribution in [3.63, 3.8) is 0 Å². The summed E-state index contributed by atoms with van der Waals surface area (Å²) in [6.07, 6.45) is 2.55. The molecule has 0 saturated heterocycles. The Balaban J connectivity index is 2.16. The van der Waals surface area contributed by atoms with Crippen LogP contribution in [0.1, 0.15) is 32.3 Å². The molecule has 1 aliphatic rings. The smallest absolute Gasteiger partial charge is 0.224 e. The SMILES string of the molecule is CCC(C)Nc1ccc2c(c1)CCC(=O)N2. The molecule has 1 heterocycles. The van der Waals surface area contributed by atoms with E-state index in [-0.39, 0.29) is 5.91 Å². The first-order chi connectivity index (χ1) is 7.69. The van der Waals surface area contributed by atoms with Gasteiger partial charge in [0.25, 0.3) is 0 Å². The molecule has 0 aliphatic carbocycles. The van der Waals surface area contributed by atoms with Crippen LogP contribution in [0.5, 0.6) is 0 Å². The Hall–Kier alpha value is -1.51. The molecule has 1 aliphatic heterocycles. The maximum Gasteiger partial charge on any atom is 0.224 e. The van der Waals surface area contributed by atoms with E-state index >= 15 is 0 Å². The molecular weight excluding hydrogens is 200 g/mol. The zero-order valence-corrected chi connectivity index (χ0v) is 9.84. The molecule has 0 saturated carbocycles. The minimum atomic E-state index is 0.120. The van der Waals surface area contributed by atoms with Gasteiger partial charge in [-0.25, -0.2) is 0 Å². The van der Waals surface area contributed by atoms with Crippen molar-refractivity contribution < 1.29 is 4.79 Å². The molecule has 1 amide bonds. The minimum absolute atomic E-state index is 0.120. The Bertz CT molecular complexity index is 401. The lowest BCUT2D eigenvalue weighted by Gasteiger charge is -2.19. The van der Waals surface area contributed by atoms with Crippen LogP contribution in [0.2, 0.25) is 0 Å². The van der Waals surface area contributed by atoms with Crippen LogP contribution >= 0.6 is 0 Å². The maximum absolute atomic E-state index is 11.2. The van der Waals surface area contributed by atoms with Crippen LogP contribution in [0.25, 0.3) is 0 Å². The van der Waals surface area contributed by atoms with Crippen LogP contribution < -0.4 is 10.6 Å². The second kappa shape index (κ2) is 4.56. The molecule has 0 bridgehead atoms. The van der Waals surface area contributed by atoms with Crippen molar-refractivity contribution in [2.75, 3.05) is 10.6 Å². The van der Waals surface area contributed by atoms with Gasteiger partial charge in [0.15, 0.2) is 0 Å². The minimum Gasteiger partial charge on any atom is -0.383 e. The van der Waals surface area contributed by atoms with E-state index in [1.807, 2.05) is 12.1 Å². The number of carbonyl (C=O) groups excluding carboxylic acids is 1. The van der Waals surface area contributed by atoms with Crippen molar-refractivity contribution in [1.29, 1.82) is 0 Å². The molecule has 0 spiro atoms. The molecule has 86 valence electrons. The molecule has 3 nitrogen and oxygen atoms in total. The number of hydrogen-bond acceptors (Lipinski definition) is 2. The summed E-state index contributed by atoms with van der Waals surface area (Å²) in [7, 11) is 0. The second-order valence-electron chi connectivity index (χ2n) is 4.37. The Labute approximate surface area is 96.2 Å². The molecular formula is C13H18N2O. The van der Waals surface area contributed by atoms with E-state index in [0.29, 0.717) is 12.5 Å². The van der Waals surface area contributed by atoms with Gasteiger partial charge in [-0.1, -0.05) is 6.92 Å². The van der Waals surface area contributed by atoms with Crippen LogP contribution in [0.3, 0.4) is 0 Å². The number of fused-ring (bicyclic) bond motifs is 1. The fraction of sp³-hybridized carbons (Fsp3) is 0.462. The highest BCUT2D eigenvalue weighted by Crippen LogP contribution is 2.26. The first-order valence-electron chi connectivity index (χ1n) is 5.88. The Morgan fingerprint density at radius 1 is 1.44 bits per heavy atom. The molecule has 1 atom stereocenters. The zero-order chi connectivity index (χ0) is 11.5. The topological polar surface area (TPSA) is 41.1 Å². The predicted molar refractivity (Wildman–Crippen MR) is 66.8 cm³/mol. The number of carbonyl (C=O) groups is 1. The highest BCUT2D eigenvalue weighted by Gasteiger charge is 2.14. The lowest BCUT2D eigenvalue weighted by molar-refractivity contribution is -0.116. The van der Waals surface area contributed by atoms with Crippen LogP contribution in [0.15, 0.2) is 18.2 Å². The first-order valence-corrected chi connectivity index (χ1v) is 5.88. The van der Waals surface area contributed by atoms with E-state index < -0.39 is 0 Å². The molecule has 2 N–H and O–H groups in total. The molecule has 2 rings (SSSR count). The van der Waals surface area contributed by atoms with Crippen molar-refractivity contribution in [3.8, 4) is 0 Å². The highest BCUT2D eigenvalue weighted by atomic mass is 16.1. The van der Waals surface area contributed by atoms with Gasteiger partial charge in [0, 0.05) is 23.8 Å². The molecule has 16 heavy (non-hydrogen) atoms. The molecule has 3 heteroatoms. The molecule has 0 radical (unpaired) electrons. The van der Waals surface area contributed by atoms with Gasteiger partial charge in [-0.05, 0) is 43.5 Å². The number of aryl methyl sites for hydroxylation is 1. The summed E-state index contributed by atoms with van der Waals surface area (Å²) in [5, 5.41) is 6.33. The van der Waals surface area contributed by atoms with E-state index in [1.54, 1.807) is 0 Å². The van der Waals surface area contributed by atoms with E-state index in [2.05, 4.69) is 30.5 Å². The molecule has 1 unspecified atom stereocenters. The first kappa shape index (κ1) is 11.0. The number of hydrogen-bond donors (Lipinski definition) is 2. The van der Waals surface area contributed by atoms with E-state index in [9.17, 15) is 4.79 Å². The summed E-state index contributed by atoms with van der Waals surface area (Å²) in [4.78, 5) is 11.2. The van der Waals surface area contributed by atoms with Gasteiger partial charge in [0.05, 0.1) is 0 Å². The summed E-state index contributed by atoms with van der Waals surface area (Å²) in [5.41, 5.74) is 3.34. The average Bonchev–Trinajstić information content (AvgIpc) is 2.29. The Morgan fingerprint density at radius 2 is 2.25 bits per heavy atom. The van der Waals surface area contributed by atoms with Gasteiger partial charge >= 0.3 is 0 Å². The van der Waals surface area contributed by atoms with Gasteiger partial charge in [-0.2, -0.15) is 0 Å². The predicted octanol–water partition coefficient (Wildman–Crippen LogP) is 2.78. The van der Waals surface area contributed by atoms with Gasteiger partial charge in [0.2, 0.25) is 5.91 Å². The van der Waals surface area contributed by atoms with E-state index in [1.165, 1.54) is 5.56 Å². The van der Waals surface area contributed by atoms with E-state index in [0.717, 1.165) is 24.2 Å². The normalized spacial score (nSPS) is 16.2. The number of rotatable bonds is 3. The summed E-state index contributed by atoms with van der Waals surface area (Å²) in [6, 6.07) is 6.63. The summed E-state index contributed by atoms with van der Waals surface area (Å²) >= 11 is 0. The quantitative estimate of drug-likeness (QED) is 0.819. The van der Waals surface area contributed by atoms with Crippen molar-refractivity contribution in [2.45, 2.75) is 39.2 Å². The Morgan fingerprint density at radius 3 is 3.00 bits per heavy atom. The van der Waals surface area contributed by atoms with Crippen LogP contribution in [0, 0.1) is 0 Å². The number of anilines is 2. The third-order valence-corrected chi connectivity index (χ3v) is 3.03. The van der Waals surface area contributed by atoms with E-state index in [4.69, 9.17) is 0 Å². The largest absolute Gasteiger partial charge is 0.383 e. The van der Waals surface area contributed by atoms with Gasteiger partial charge < -0.3 is 10.6 Å². The fourth-order valence-electron chi connectivity index (χ4n) is 1.86. The summed E-state index contributed by atoms with van der Waals surface area (Å²) in [5.74, 6) is 0.120. The number of benzene rings is 1. The lowest BCUT2D eigenvalue weighted by atomic mass is 10.0. The highest BCUT2D eigenvalue weighted by molar-refractivity contribution is 5.94.